The molecule has 2 heteroatoms. The Labute approximate surface area is 142 Å². The van der Waals surface area contributed by atoms with Crippen LogP contribution in [-0.2, 0) is 11.2 Å². The van der Waals surface area contributed by atoms with Crippen LogP contribution < -0.4 is 0 Å². The van der Waals surface area contributed by atoms with Gasteiger partial charge in [-0.15, -0.1) is 0 Å². The molecular weight excluding hydrogens is 282 g/mol. The van der Waals surface area contributed by atoms with E-state index in [1.807, 2.05) is 7.11 Å². The van der Waals surface area contributed by atoms with Crippen LogP contribution in [0, 0.1) is 31.6 Å². The summed E-state index contributed by atoms with van der Waals surface area (Å²) in [6.07, 6.45) is 3.81. The summed E-state index contributed by atoms with van der Waals surface area (Å²) in [7, 11) is 1.86. The fourth-order valence-electron chi connectivity index (χ4n) is 4.76. The maximum absolute atomic E-state index is 5.59. The van der Waals surface area contributed by atoms with Gasteiger partial charge in [-0.2, -0.15) is 0 Å². The minimum Gasteiger partial charge on any atom is -0.384 e. The summed E-state index contributed by atoms with van der Waals surface area (Å²) in [5, 5.41) is 0. The maximum atomic E-state index is 5.59. The Bertz CT molecular complexity index is 551. The molecule has 0 bridgehead atoms. The number of aryl methyl sites for hydroxylation is 2. The zero-order valence-corrected chi connectivity index (χ0v) is 15.6. The molecule has 3 atom stereocenters. The lowest BCUT2D eigenvalue weighted by Crippen LogP contribution is -2.47. The molecule has 1 aromatic carbocycles. The lowest BCUT2D eigenvalue weighted by molar-refractivity contribution is 0.00736. The molecular formula is C21H33NO. The standard InChI is InChI=1S/C21H33NO/c1-14(2)8-18-12-22-7-6-17-9-15(3)16(4)10-20(17)21(22)11-19(18)13-23-5/h9-10,14,18-19,21H,6-8,11-13H2,1-5H3/t18-,19+,21-/m1/s1. The predicted octanol–water partition coefficient (Wildman–Crippen LogP) is 4.53. The molecule has 1 saturated heterocycles. The topological polar surface area (TPSA) is 12.5 Å². The lowest BCUT2D eigenvalue weighted by Gasteiger charge is -2.47. The fourth-order valence-corrected chi connectivity index (χ4v) is 4.76. The molecule has 0 aliphatic carbocycles. The van der Waals surface area contributed by atoms with Gasteiger partial charge in [0.05, 0.1) is 0 Å². The van der Waals surface area contributed by atoms with Gasteiger partial charge in [-0.25, -0.2) is 0 Å². The van der Waals surface area contributed by atoms with E-state index in [1.165, 1.54) is 43.5 Å². The molecule has 0 unspecified atom stereocenters. The monoisotopic (exact) mass is 315 g/mol. The number of ether oxygens (including phenoxy) is 1. The smallest absolute Gasteiger partial charge is 0.0494 e. The quantitative estimate of drug-likeness (QED) is 0.809. The van der Waals surface area contributed by atoms with Crippen LogP contribution in [0.1, 0.15) is 55.0 Å². The molecule has 0 N–H and O–H groups in total. The number of methoxy groups -OCH3 is 1. The van der Waals surface area contributed by atoms with Gasteiger partial charge >= 0.3 is 0 Å². The van der Waals surface area contributed by atoms with Gasteiger partial charge in [-0.1, -0.05) is 26.0 Å². The first-order chi connectivity index (χ1) is 11.0. The van der Waals surface area contributed by atoms with E-state index in [-0.39, 0.29) is 0 Å². The highest BCUT2D eigenvalue weighted by Gasteiger charge is 2.38. The minimum absolute atomic E-state index is 0.613. The summed E-state index contributed by atoms with van der Waals surface area (Å²) in [5.41, 5.74) is 6.08. The van der Waals surface area contributed by atoms with E-state index in [4.69, 9.17) is 4.74 Å². The second-order valence-corrected chi connectivity index (χ2v) is 8.24. The number of benzene rings is 1. The van der Waals surface area contributed by atoms with E-state index in [9.17, 15) is 0 Å². The largest absolute Gasteiger partial charge is 0.384 e. The molecule has 1 aromatic rings. The molecule has 0 spiro atoms. The molecule has 3 rings (SSSR count). The average Bonchev–Trinajstić information content (AvgIpc) is 2.49. The molecule has 1 fully saturated rings. The van der Waals surface area contributed by atoms with Crippen LogP contribution in [-0.4, -0.2) is 31.7 Å². The Hall–Kier alpha value is -0.860. The summed E-state index contributed by atoms with van der Waals surface area (Å²) in [6, 6.07) is 5.52. The zero-order chi connectivity index (χ0) is 16.6. The predicted molar refractivity (Wildman–Crippen MR) is 96.9 cm³/mol. The highest BCUT2D eigenvalue weighted by Crippen LogP contribution is 2.43. The first kappa shape index (κ1) is 17.0. The van der Waals surface area contributed by atoms with Crippen LogP contribution in [0.3, 0.4) is 0 Å². The highest BCUT2D eigenvalue weighted by molar-refractivity contribution is 5.41. The Morgan fingerprint density at radius 2 is 1.91 bits per heavy atom. The Morgan fingerprint density at radius 3 is 2.61 bits per heavy atom. The van der Waals surface area contributed by atoms with Crippen molar-refractivity contribution < 1.29 is 4.74 Å². The van der Waals surface area contributed by atoms with Gasteiger partial charge < -0.3 is 4.74 Å². The van der Waals surface area contributed by atoms with Crippen LogP contribution in [0.2, 0.25) is 0 Å². The van der Waals surface area contributed by atoms with Gasteiger partial charge in [0.1, 0.15) is 0 Å². The summed E-state index contributed by atoms with van der Waals surface area (Å²) in [5.74, 6) is 2.27. The van der Waals surface area contributed by atoms with Gasteiger partial charge in [-0.05, 0) is 73.1 Å². The van der Waals surface area contributed by atoms with E-state index in [2.05, 4.69) is 44.7 Å². The molecule has 2 aliphatic rings. The third kappa shape index (κ3) is 3.49. The van der Waals surface area contributed by atoms with Crippen LogP contribution in [0.25, 0.3) is 0 Å². The number of rotatable bonds is 4. The maximum Gasteiger partial charge on any atom is 0.0494 e. The molecule has 0 saturated carbocycles. The van der Waals surface area contributed by atoms with Crippen molar-refractivity contribution >= 4 is 0 Å². The average molecular weight is 316 g/mol. The Kier molecular flexibility index (Phi) is 5.13. The number of nitrogens with zero attached hydrogens (tertiary/aromatic N) is 1. The van der Waals surface area contributed by atoms with E-state index < -0.39 is 0 Å². The molecule has 2 aliphatic heterocycles. The van der Waals surface area contributed by atoms with Crippen molar-refractivity contribution in [1.29, 1.82) is 0 Å². The second kappa shape index (κ2) is 6.94. The van der Waals surface area contributed by atoms with Crippen LogP contribution in [0.15, 0.2) is 12.1 Å². The molecule has 2 heterocycles. The third-order valence-corrected chi connectivity index (χ3v) is 6.04. The minimum atomic E-state index is 0.613. The van der Waals surface area contributed by atoms with Gasteiger partial charge in [0, 0.05) is 32.8 Å². The van der Waals surface area contributed by atoms with E-state index in [0.717, 1.165) is 18.4 Å². The van der Waals surface area contributed by atoms with Crippen molar-refractivity contribution in [3.8, 4) is 0 Å². The van der Waals surface area contributed by atoms with Crippen molar-refractivity contribution in [2.45, 2.75) is 53.0 Å². The second-order valence-electron chi connectivity index (χ2n) is 8.24. The van der Waals surface area contributed by atoms with Crippen molar-refractivity contribution in [3.05, 3.63) is 34.4 Å². The Balaban J connectivity index is 1.86. The van der Waals surface area contributed by atoms with Crippen molar-refractivity contribution in [1.82, 2.24) is 4.90 Å². The van der Waals surface area contributed by atoms with Gasteiger partial charge in [-0.3, -0.25) is 4.90 Å². The lowest BCUT2D eigenvalue weighted by atomic mass is 9.74. The number of piperidine rings is 1. The molecule has 0 radical (unpaired) electrons. The summed E-state index contributed by atoms with van der Waals surface area (Å²) >= 11 is 0. The third-order valence-electron chi connectivity index (χ3n) is 6.04. The molecule has 2 nitrogen and oxygen atoms in total. The summed E-state index contributed by atoms with van der Waals surface area (Å²) in [4.78, 5) is 2.76. The van der Waals surface area contributed by atoms with Gasteiger partial charge in [0.25, 0.3) is 0 Å². The SMILES string of the molecule is COC[C@@H]1C[C@@H]2c3cc(C)c(C)cc3CCN2C[C@H]1CC(C)C. The van der Waals surface area contributed by atoms with Crippen molar-refractivity contribution in [2.24, 2.45) is 17.8 Å². The Morgan fingerprint density at radius 1 is 1.17 bits per heavy atom. The van der Waals surface area contributed by atoms with E-state index in [1.54, 1.807) is 11.1 Å². The molecule has 23 heavy (non-hydrogen) atoms. The molecule has 0 amide bonds. The normalized spacial score (nSPS) is 27.8. The first-order valence-corrected chi connectivity index (χ1v) is 9.32. The highest BCUT2D eigenvalue weighted by atomic mass is 16.5. The fraction of sp³-hybridized carbons (Fsp3) is 0.714. The number of fused-ring (bicyclic) bond motifs is 3. The van der Waals surface area contributed by atoms with Gasteiger partial charge in [0.15, 0.2) is 0 Å². The van der Waals surface area contributed by atoms with Crippen molar-refractivity contribution in [3.63, 3.8) is 0 Å². The van der Waals surface area contributed by atoms with Crippen LogP contribution in [0.4, 0.5) is 0 Å². The number of hydrogen-bond acceptors (Lipinski definition) is 2. The van der Waals surface area contributed by atoms with E-state index >= 15 is 0 Å². The number of hydrogen-bond donors (Lipinski definition) is 0. The summed E-state index contributed by atoms with van der Waals surface area (Å²) in [6.45, 7) is 12.6. The van der Waals surface area contributed by atoms with Crippen LogP contribution in [0.5, 0.6) is 0 Å². The molecule has 128 valence electrons. The zero-order valence-electron chi connectivity index (χ0n) is 15.6. The summed E-state index contributed by atoms with van der Waals surface area (Å²) < 4.78 is 5.59. The van der Waals surface area contributed by atoms with Crippen molar-refractivity contribution in [2.75, 3.05) is 26.8 Å². The first-order valence-electron chi connectivity index (χ1n) is 9.32. The molecule has 0 aromatic heterocycles. The van der Waals surface area contributed by atoms with Crippen LogP contribution >= 0.6 is 0 Å². The van der Waals surface area contributed by atoms with Gasteiger partial charge in [0.2, 0.25) is 0 Å². The van der Waals surface area contributed by atoms with E-state index in [0.29, 0.717) is 12.0 Å².